The minimum absolute atomic E-state index is 0.401. The van der Waals surface area contributed by atoms with Gasteiger partial charge in [-0.2, -0.15) is 4.37 Å². The van der Waals surface area contributed by atoms with Crippen molar-refractivity contribution in [3.8, 4) is 11.8 Å². The molecular formula is C12H13N3S3. The standard InChI is InChI=1S/C12H13N3S3/c1-2-11-14-12(18-15-11)17-8-10-9(4-3-6-13)5-7-16-10/h5,7H,2,6,8,13H2,1H3. The van der Waals surface area contributed by atoms with Crippen LogP contribution in [0.5, 0.6) is 0 Å². The molecule has 6 heteroatoms. The fourth-order valence-corrected chi connectivity index (χ4v) is 3.92. The van der Waals surface area contributed by atoms with Crippen LogP contribution >= 0.6 is 34.6 Å². The van der Waals surface area contributed by atoms with E-state index in [4.69, 9.17) is 5.73 Å². The summed E-state index contributed by atoms with van der Waals surface area (Å²) in [5, 5.41) is 2.06. The molecule has 3 nitrogen and oxygen atoms in total. The van der Waals surface area contributed by atoms with Gasteiger partial charge >= 0.3 is 0 Å². The third-order valence-corrected chi connectivity index (χ3v) is 5.16. The molecule has 2 aromatic rings. The van der Waals surface area contributed by atoms with Crippen LogP contribution in [0.1, 0.15) is 23.2 Å². The van der Waals surface area contributed by atoms with Crippen molar-refractivity contribution in [1.82, 2.24) is 9.36 Å². The number of nitrogens with zero attached hydrogens (tertiary/aromatic N) is 2. The van der Waals surface area contributed by atoms with Crippen LogP contribution in [-0.4, -0.2) is 15.9 Å². The molecule has 94 valence electrons. The van der Waals surface area contributed by atoms with E-state index in [9.17, 15) is 0 Å². The Morgan fingerprint density at radius 1 is 1.50 bits per heavy atom. The molecule has 0 atom stereocenters. The van der Waals surface area contributed by atoms with Crippen LogP contribution in [0.2, 0.25) is 0 Å². The number of hydrogen-bond donors (Lipinski definition) is 1. The van der Waals surface area contributed by atoms with Crippen molar-refractivity contribution in [3.63, 3.8) is 0 Å². The highest BCUT2D eigenvalue weighted by molar-refractivity contribution is 8.00. The molecule has 2 heterocycles. The van der Waals surface area contributed by atoms with Crippen molar-refractivity contribution in [2.75, 3.05) is 6.54 Å². The van der Waals surface area contributed by atoms with E-state index in [0.717, 1.165) is 27.9 Å². The van der Waals surface area contributed by atoms with E-state index in [1.807, 2.05) is 6.07 Å². The molecule has 0 fully saturated rings. The zero-order valence-electron chi connectivity index (χ0n) is 9.97. The molecule has 0 bridgehead atoms. The Balaban J connectivity index is 1.99. The van der Waals surface area contributed by atoms with Crippen LogP contribution in [0, 0.1) is 11.8 Å². The van der Waals surface area contributed by atoms with Crippen molar-refractivity contribution in [3.05, 3.63) is 27.7 Å². The number of nitrogens with two attached hydrogens (primary N) is 1. The molecule has 0 radical (unpaired) electrons. The molecule has 0 spiro atoms. The lowest BCUT2D eigenvalue weighted by molar-refractivity contribution is 0.971. The van der Waals surface area contributed by atoms with Gasteiger partial charge in [-0.05, 0) is 23.0 Å². The molecular weight excluding hydrogens is 282 g/mol. The highest BCUT2D eigenvalue weighted by Crippen LogP contribution is 2.28. The summed E-state index contributed by atoms with van der Waals surface area (Å²) < 4.78 is 5.30. The lowest BCUT2D eigenvalue weighted by Gasteiger charge is -1.95. The van der Waals surface area contributed by atoms with E-state index in [1.54, 1.807) is 23.1 Å². The van der Waals surface area contributed by atoms with Gasteiger partial charge < -0.3 is 5.73 Å². The van der Waals surface area contributed by atoms with E-state index in [-0.39, 0.29) is 0 Å². The van der Waals surface area contributed by atoms with Gasteiger partial charge in [0.2, 0.25) is 0 Å². The molecule has 0 aliphatic rings. The van der Waals surface area contributed by atoms with Gasteiger partial charge in [0.25, 0.3) is 0 Å². The van der Waals surface area contributed by atoms with E-state index < -0.39 is 0 Å². The van der Waals surface area contributed by atoms with Crippen molar-refractivity contribution in [1.29, 1.82) is 0 Å². The lowest BCUT2D eigenvalue weighted by atomic mass is 10.3. The van der Waals surface area contributed by atoms with Crippen molar-refractivity contribution < 1.29 is 0 Å². The lowest BCUT2D eigenvalue weighted by Crippen LogP contribution is -1.93. The SMILES string of the molecule is CCc1nsc(SCc2sccc2C#CCN)n1. The maximum Gasteiger partial charge on any atom is 0.170 e. The van der Waals surface area contributed by atoms with Crippen LogP contribution in [0.25, 0.3) is 0 Å². The number of rotatable bonds is 4. The first-order valence-corrected chi connectivity index (χ1v) is 8.18. The smallest absolute Gasteiger partial charge is 0.170 e. The summed E-state index contributed by atoms with van der Waals surface area (Å²) in [6.07, 6.45) is 0.892. The average molecular weight is 295 g/mol. The molecule has 2 aromatic heterocycles. The maximum atomic E-state index is 5.39. The second-order valence-electron chi connectivity index (χ2n) is 3.38. The fourth-order valence-electron chi connectivity index (χ4n) is 1.28. The van der Waals surface area contributed by atoms with Crippen LogP contribution in [0.15, 0.2) is 15.8 Å². The molecule has 0 aliphatic carbocycles. The minimum Gasteiger partial charge on any atom is -0.320 e. The fraction of sp³-hybridized carbons (Fsp3) is 0.333. The molecule has 0 aliphatic heterocycles. The summed E-state index contributed by atoms with van der Waals surface area (Å²) in [6.45, 7) is 2.47. The largest absolute Gasteiger partial charge is 0.320 e. The topological polar surface area (TPSA) is 51.8 Å². The van der Waals surface area contributed by atoms with Crippen LogP contribution in [-0.2, 0) is 12.2 Å². The molecule has 0 unspecified atom stereocenters. The highest BCUT2D eigenvalue weighted by Gasteiger charge is 2.06. The number of aromatic nitrogens is 2. The monoisotopic (exact) mass is 295 g/mol. The Labute approximate surface area is 119 Å². The van der Waals surface area contributed by atoms with Crippen molar-refractivity contribution in [2.24, 2.45) is 5.73 Å². The predicted octanol–water partition coefficient (Wildman–Crippen LogP) is 2.76. The molecule has 18 heavy (non-hydrogen) atoms. The summed E-state index contributed by atoms with van der Waals surface area (Å²) in [4.78, 5) is 5.71. The summed E-state index contributed by atoms with van der Waals surface area (Å²) in [5.41, 5.74) is 6.47. The molecule has 2 N–H and O–H groups in total. The first kappa shape index (κ1) is 13.6. The van der Waals surface area contributed by atoms with E-state index in [1.165, 1.54) is 16.4 Å². The highest BCUT2D eigenvalue weighted by atomic mass is 32.2. The van der Waals surface area contributed by atoms with Gasteiger partial charge in [0.1, 0.15) is 5.82 Å². The Hall–Kier alpha value is -0.870. The van der Waals surface area contributed by atoms with Gasteiger partial charge in [-0.15, -0.1) is 11.3 Å². The van der Waals surface area contributed by atoms with Crippen LogP contribution in [0.3, 0.4) is 0 Å². The zero-order valence-corrected chi connectivity index (χ0v) is 12.4. The molecule has 0 aromatic carbocycles. The van der Waals surface area contributed by atoms with Crippen LogP contribution < -0.4 is 5.73 Å². The first-order valence-electron chi connectivity index (χ1n) is 5.54. The van der Waals surface area contributed by atoms with Gasteiger partial charge in [0.05, 0.1) is 6.54 Å². The normalized spacial score (nSPS) is 10.1. The number of hydrogen-bond acceptors (Lipinski definition) is 6. The second-order valence-corrected chi connectivity index (χ2v) is 6.36. The van der Waals surface area contributed by atoms with Gasteiger partial charge in [0, 0.05) is 22.6 Å². The van der Waals surface area contributed by atoms with Gasteiger partial charge in [-0.3, -0.25) is 0 Å². The summed E-state index contributed by atoms with van der Waals surface area (Å²) in [5.74, 6) is 7.81. The van der Waals surface area contributed by atoms with Crippen molar-refractivity contribution >= 4 is 34.6 Å². The Morgan fingerprint density at radius 3 is 3.11 bits per heavy atom. The predicted molar refractivity (Wildman–Crippen MR) is 79.1 cm³/mol. The maximum absolute atomic E-state index is 5.39. The number of thioether (sulfide) groups is 1. The van der Waals surface area contributed by atoms with E-state index in [0.29, 0.717) is 6.54 Å². The second kappa shape index (κ2) is 6.90. The summed E-state index contributed by atoms with van der Waals surface area (Å²) in [7, 11) is 0. The first-order chi connectivity index (χ1) is 8.83. The summed E-state index contributed by atoms with van der Waals surface area (Å²) >= 11 is 4.91. The third-order valence-electron chi connectivity index (χ3n) is 2.16. The molecule has 0 saturated heterocycles. The van der Waals surface area contributed by atoms with Crippen LogP contribution in [0.4, 0.5) is 0 Å². The number of aryl methyl sites for hydroxylation is 1. The number of thiophene rings is 1. The minimum atomic E-state index is 0.401. The summed E-state index contributed by atoms with van der Waals surface area (Å²) in [6, 6.07) is 2.04. The third kappa shape index (κ3) is 3.56. The average Bonchev–Trinajstić information content (AvgIpc) is 3.02. The Morgan fingerprint density at radius 2 is 2.39 bits per heavy atom. The molecule has 0 amide bonds. The Bertz CT molecular complexity index is 562. The van der Waals surface area contributed by atoms with Gasteiger partial charge in [0.15, 0.2) is 4.34 Å². The Kier molecular flexibility index (Phi) is 5.20. The van der Waals surface area contributed by atoms with Gasteiger partial charge in [-0.1, -0.05) is 30.5 Å². The van der Waals surface area contributed by atoms with Gasteiger partial charge in [-0.25, -0.2) is 4.98 Å². The zero-order chi connectivity index (χ0) is 12.8. The molecule has 2 rings (SSSR count). The molecule has 0 saturated carbocycles. The van der Waals surface area contributed by atoms with E-state index >= 15 is 0 Å². The van der Waals surface area contributed by atoms with E-state index in [2.05, 4.69) is 33.5 Å². The quantitative estimate of drug-likeness (QED) is 0.696. The van der Waals surface area contributed by atoms with Crippen molar-refractivity contribution in [2.45, 2.75) is 23.4 Å².